The molecule has 0 aromatic heterocycles. The lowest BCUT2D eigenvalue weighted by Gasteiger charge is -2.59. The van der Waals surface area contributed by atoms with Crippen LogP contribution in [0.3, 0.4) is 0 Å². The van der Waals surface area contributed by atoms with Crippen LogP contribution in [-0.4, -0.2) is 16.5 Å². The number of hydrogen-bond acceptors (Lipinski definition) is 3. The molecule has 0 aliphatic heterocycles. The van der Waals surface area contributed by atoms with Crippen LogP contribution < -0.4 is 0 Å². The Labute approximate surface area is 145 Å². The van der Waals surface area contributed by atoms with Crippen molar-refractivity contribution in [3.05, 3.63) is 11.6 Å². The third-order valence-corrected chi connectivity index (χ3v) is 8.66. The Morgan fingerprint density at radius 2 is 1.92 bits per heavy atom. The molecule has 3 fully saturated rings. The van der Waals surface area contributed by atoms with Gasteiger partial charge >= 0.3 is 0 Å². The number of rotatable bonds is 1. The molecule has 3 saturated carbocycles. The molecule has 0 amide bonds. The molecule has 0 aromatic carbocycles. The van der Waals surface area contributed by atoms with E-state index in [9.17, 15) is 15.2 Å². The normalized spacial score (nSPS) is 50.3. The van der Waals surface area contributed by atoms with Crippen molar-refractivity contribution in [2.45, 2.75) is 77.2 Å². The summed E-state index contributed by atoms with van der Waals surface area (Å²) in [6.45, 7) is 4.64. The molecule has 4 aliphatic rings. The number of carbonyl (C=O) groups excluding carboxylic acids is 1. The molecule has 1 N–H and O–H groups in total. The fourth-order valence-corrected chi connectivity index (χ4v) is 7.09. The Morgan fingerprint density at radius 1 is 1.17 bits per heavy atom. The van der Waals surface area contributed by atoms with Crippen LogP contribution in [-0.2, 0) is 4.79 Å². The second-order valence-corrected chi connectivity index (χ2v) is 9.33. The summed E-state index contributed by atoms with van der Waals surface area (Å²) in [7, 11) is 0. The second kappa shape index (κ2) is 5.18. The highest BCUT2D eigenvalue weighted by Gasteiger charge is 2.63. The fourth-order valence-electron chi connectivity index (χ4n) is 7.09. The van der Waals surface area contributed by atoms with Crippen molar-refractivity contribution < 1.29 is 9.90 Å². The number of nitriles is 1. The zero-order valence-corrected chi connectivity index (χ0v) is 15.0. The summed E-state index contributed by atoms with van der Waals surface area (Å²) in [6, 6.07) is 2.24. The fraction of sp³-hybridized carbons (Fsp3) is 0.810. The van der Waals surface area contributed by atoms with Gasteiger partial charge in [-0.2, -0.15) is 5.26 Å². The van der Waals surface area contributed by atoms with Crippen LogP contribution in [0.25, 0.3) is 0 Å². The van der Waals surface area contributed by atoms with Crippen molar-refractivity contribution >= 4 is 5.78 Å². The van der Waals surface area contributed by atoms with Crippen molar-refractivity contribution in [2.24, 2.45) is 28.6 Å². The van der Waals surface area contributed by atoms with Gasteiger partial charge in [0.15, 0.2) is 5.78 Å². The van der Waals surface area contributed by atoms with Crippen LogP contribution in [0, 0.1) is 39.9 Å². The van der Waals surface area contributed by atoms with Gasteiger partial charge in [-0.1, -0.05) is 19.4 Å². The summed E-state index contributed by atoms with van der Waals surface area (Å²) in [5, 5.41) is 20.4. The van der Waals surface area contributed by atoms with Crippen molar-refractivity contribution in [3.8, 4) is 6.07 Å². The average Bonchev–Trinajstić information content (AvgIpc) is 2.80. The molecule has 0 aromatic rings. The van der Waals surface area contributed by atoms with Crippen molar-refractivity contribution in [3.63, 3.8) is 0 Å². The van der Waals surface area contributed by atoms with Crippen LogP contribution in [0.4, 0.5) is 0 Å². The van der Waals surface area contributed by atoms with Crippen LogP contribution in [0.15, 0.2) is 11.6 Å². The van der Waals surface area contributed by atoms with E-state index in [0.717, 1.165) is 44.9 Å². The highest BCUT2D eigenvalue weighted by atomic mass is 16.3. The first-order chi connectivity index (χ1) is 11.3. The minimum Gasteiger partial charge on any atom is -0.388 e. The summed E-state index contributed by atoms with van der Waals surface area (Å²) in [5.74, 6) is 2.14. The Kier molecular flexibility index (Phi) is 3.52. The molecule has 0 radical (unpaired) electrons. The lowest BCUT2D eigenvalue weighted by atomic mass is 9.46. The summed E-state index contributed by atoms with van der Waals surface area (Å²) < 4.78 is 0. The van der Waals surface area contributed by atoms with Gasteiger partial charge in [0.1, 0.15) is 0 Å². The first-order valence-electron chi connectivity index (χ1n) is 9.67. The van der Waals surface area contributed by atoms with Crippen LogP contribution in [0.5, 0.6) is 0 Å². The molecule has 0 unspecified atom stereocenters. The third kappa shape index (κ3) is 1.96. The van der Waals surface area contributed by atoms with E-state index in [2.05, 4.69) is 19.9 Å². The summed E-state index contributed by atoms with van der Waals surface area (Å²) in [4.78, 5) is 11.9. The van der Waals surface area contributed by atoms with E-state index in [4.69, 9.17) is 0 Å². The smallest absolute Gasteiger partial charge is 0.155 e. The number of nitrogens with zero attached hydrogens (tertiary/aromatic N) is 1. The molecule has 6 atom stereocenters. The molecular weight excluding hydrogens is 298 g/mol. The Morgan fingerprint density at radius 3 is 2.67 bits per heavy atom. The largest absolute Gasteiger partial charge is 0.388 e. The van der Waals surface area contributed by atoms with Gasteiger partial charge in [-0.15, -0.1) is 0 Å². The van der Waals surface area contributed by atoms with Crippen LogP contribution >= 0.6 is 0 Å². The number of hydrogen-bond donors (Lipinski definition) is 1. The van der Waals surface area contributed by atoms with Gasteiger partial charge < -0.3 is 5.11 Å². The number of fused-ring (bicyclic) bond motifs is 5. The van der Waals surface area contributed by atoms with E-state index >= 15 is 0 Å². The van der Waals surface area contributed by atoms with Crippen molar-refractivity contribution in [1.82, 2.24) is 0 Å². The maximum absolute atomic E-state index is 11.9. The van der Waals surface area contributed by atoms with Gasteiger partial charge in [-0.3, -0.25) is 4.79 Å². The Bertz CT molecular complexity index is 647. The minimum atomic E-state index is -0.795. The molecule has 0 heterocycles. The van der Waals surface area contributed by atoms with E-state index in [0.29, 0.717) is 30.0 Å². The monoisotopic (exact) mass is 327 g/mol. The predicted molar refractivity (Wildman–Crippen MR) is 91.9 cm³/mol. The highest BCUT2D eigenvalue weighted by Crippen LogP contribution is 2.67. The lowest BCUT2D eigenvalue weighted by molar-refractivity contribution is -0.128. The van der Waals surface area contributed by atoms with E-state index in [1.54, 1.807) is 0 Å². The Hall–Kier alpha value is -1.14. The van der Waals surface area contributed by atoms with Crippen molar-refractivity contribution in [2.75, 3.05) is 0 Å². The molecule has 0 spiro atoms. The number of aliphatic hydroxyl groups is 1. The molecule has 4 aliphatic carbocycles. The SMILES string of the molecule is C[C@]12CCC(=O)C=C1CC[C@@H]1[C@H]2CC[C@@]2(C)[C@@H]1CC[C@@]2(O)CC#N. The molecule has 0 bridgehead atoms. The molecule has 3 nitrogen and oxygen atoms in total. The predicted octanol–water partition coefficient (Wildman–Crippen LogP) is 4.16. The summed E-state index contributed by atoms with van der Waals surface area (Å²) >= 11 is 0. The molecule has 0 saturated heterocycles. The molecular formula is C21H29NO2. The van der Waals surface area contributed by atoms with E-state index in [1.807, 2.05) is 6.08 Å². The molecule has 4 rings (SSSR count). The first kappa shape index (κ1) is 16.3. The summed E-state index contributed by atoms with van der Waals surface area (Å²) in [5.41, 5.74) is 0.686. The van der Waals surface area contributed by atoms with Gasteiger partial charge in [0, 0.05) is 11.8 Å². The standard InChI is InChI=1S/C21H29NO2/c1-19-8-5-15(23)13-14(19)3-4-16-17(19)6-9-20(2)18(16)7-10-21(20,24)11-12-22/h13,16-18,24H,3-11H2,1-2H3/t16-,17-,18-,19+,20+,21-/m1/s1. The van der Waals surface area contributed by atoms with Gasteiger partial charge in [0.25, 0.3) is 0 Å². The zero-order chi connectivity index (χ0) is 17.2. The molecule has 3 heteroatoms. The second-order valence-electron chi connectivity index (χ2n) is 9.33. The number of allylic oxidation sites excluding steroid dienone is 1. The van der Waals surface area contributed by atoms with E-state index in [1.165, 1.54) is 5.57 Å². The third-order valence-electron chi connectivity index (χ3n) is 8.66. The van der Waals surface area contributed by atoms with E-state index in [-0.39, 0.29) is 17.3 Å². The summed E-state index contributed by atoms with van der Waals surface area (Å²) in [6.07, 6.45) is 10.1. The first-order valence-corrected chi connectivity index (χ1v) is 9.67. The average molecular weight is 327 g/mol. The van der Waals surface area contributed by atoms with E-state index < -0.39 is 5.60 Å². The maximum atomic E-state index is 11.9. The van der Waals surface area contributed by atoms with Crippen molar-refractivity contribution in [1.29, 1.82) is 5.26 Å². The van der Waals surface area contributed by atoms with Gasteiger partial charge in [0.05, 0.1) is 18.1 Å². The molecule has 130 valence electrons. The Balaban J connectivity index is 1.67. The number of ketones is 1. The molecule has 24 heavy (non-hydrogen) atoms. The maximum Gasteiger partial charge on any atom is 0.155 e. The van der Waals surface area contributed by atoms with Crippen LogP contribution in [0.1, 0.15) is 71.6 Å². The van der Waals surface area contributed by atoms with Gasteiger partial charge in [-0.05, 0) is 74.2 Å². The van der Waals surface area contributed by atoms with Gasteiger partial charge in [0.2, 0.25) is 0 Å². The van der Waals surface area contributed by atoms with Crippen LogP contribution in [0.2, 0.25) is 0 Å². The zero-order valence-electron chi connectivity index (χ0n) is 15.0. The lowest BCUT2D eigenvalue weighted by Crippen LogP contribution is -2.54. The topological polar surface area (TPSA) is 61.1 Å². The highest BCUT2D eigenvalue weighted by molar-refractivity contribution is 5.91. The quantitative estimate of drug-likeness (QED) is 0.786. The van der Waals surface area contributed by atoms with Gasteiger partial charge in [-0.25, -0.2) is 0 Å². The minimum absolute atomic E-state index is 0.105. The number of carbonyl (C=O) groups is 1.